The SMILES string of the molecule is [Ag+].[O-][P+]([O-])(O)F. The van der Waals surface area contributed by atoms with Crippen molar-refractivity contribution >= 4 is 8.25 Å². The number of hydrogen-bond donors (Lipinski definition) is 1. The molecule has 3 nitrogen and oxygen atoms in total. The van der Waals surface area contributed by atoms with Crippen LogP contribution in [0.3, 0.4) is 0 Å². The second-order valence-electron chi connectivity index (χ2n) is 0.451. The standard InChI is InChI=1S/Ag.FH2O3P/c;1-5(2,3)4/h;(H2,2,3,4)/q+1;/p-1. The first kappa shape index (κ1) is 10.1. The molecule has 0 aromatic carbocycles. The maximum Gasteiger partial charge on any atom is 1.00 e. The smallest absolute Gasteiger partial charge is 0.630 e. The molecule has 0 atom stereocenters. The van der Waals surface area contributed by atoms with Crippen LogP contribution in [-0.2, 0) is 22.4 Å². The molecule has 0 aliphatic heterocycles. The fraction of sp³-hybridized carbons (Fsp3) is 0. The van der Waals surface area contributed by atoms with Gasteiger partial charge in [0.15, 0.2) is 0 Å². The van der Waals surface area contributed by atoms with E-state index < -0.39 is 8.25 Å². The van der Waals surface area contributed by atoms with E-state index in [1.807, 2.05) is 0 Å². The summed E-state index contributed by atoms with van der Waals surface area (Å²) in [6.45, 7) is 0. The Morgan fingerprint density at radius 2 is 1.50 bits per heavy atom. The van der Waals surface area contributed by atoms with Crippen molar-refractivity contribution < 1.29 is 41.3 Å². The van der Waals surface area contributed by atoms with Crippen LogP contribution in [0.1, 0.15) is 0 Å². The molecule has 42 valence electrons. The van der Waals surface area contributed by atoms with Gasteiger partial charge in [-0.1, -0.05) is 0 Å². The molecule has 0 radical (unpaired) electrons. The van der Waals surface area contributed by atoms with Gasteiger partial charge in [-0.25, -0.2) is 4.89 Å². The Kier molecular flexibility index (Phi) is 5.11. The van der Waals surface area contributed by atoms with Crippen LogP contribution in [0.4, 0.5) is 4.20 Å². The Labute approximate surface area is 50.0 Å². The van der Waals surface area contributed by atoms with Crippen LogP contribution in [0.5, 0.6) is 0 Å². The zero-order chi connectivity index (χ0) is 4.50. The van der Waals surface area contributed by atoms with E-state index in [9.17, 15) is 4.20 Å². The monoisotopic (exact) mass is 206 g/mol. The first-order valence-corrected chi connectivity index (χ1v) is 2.20. The van der Waals surface area contributed by atoms with Gasteiger partial charge in [0.2, 0.25) is 0 Å². The molecule has 0 amide bonds. The molecule has 0 aliphatic carbocycles. The maximum absolute atomic E-state index is 10.2. The zero-order valence-electron chi connectivity index (χ0n) is 2.39. The average Bonchev–Trinajstić information content (AvgIpc) is 0.722. The third-order valence-corrected chi connectivity index (χ3v) is 0. The van der Waals surface area contributed by atoms with Crippen molar-refractivity contribution in [3.8, 4) is 0 Å². The molecular weight excluding hydrogens is 206 g/mol. The summed E-state index contributed by atoms with van der Waals surface area (Å²) in [4.78, 5) is 24.0. The van der Waals surface area contributed by atoms with Crippen LogP contribution in [0.15, 0.2) is 0 Å². The molecule has 0 fully saturated rings. The summed E-state index contributed by atoms with van der Waals surface area (Å²) < 4.78 is 10.2. The van der Waals surface area contributed by atoms with Gasteiger partial charge in [-0.05, 0) is 4.20 Å². The van der Waals surface area contributed by atoms with E-state index in [1.165, 1.54) is 0 Å². The van der Waals surface area contributed by atoms with Crippen LogP contribution in [0, 0.1) is 0 Å². The molecular formula is HAgFO3P. The summed E-state index contributed by atoms with van der Waals surface area (Å²) in [7, 11) is -5.39. The molecule has 0 unspecified atom stereocenters. The summed E-state index contributed by atoms with van der Waals surface area (Å²) in [5.74, 6) is 0. The second kappa shape index (κ2) is 3.04. The van der Waals surface area contributed by atoms with Gasteiger partial charge in [0.1, 0.15) is 0 Å². The van der Waals surface area contributed by atoms with Crippen molar-refractivity contribution in [2.75, 3.05) is 0 Å². The molecule has 1 N–H and O–H groups in total. The molecule has 6 heavy (non-hydrogen) atoms. The van der Waals surface area contributed by atoms with Crippen molar-refractivity contribution in [3.63, 3.8) is 0 Å². The molecule has 0 spiro atoms. The van der Waals surface area contributed by atoms with Gasteiger partial charge in [0.25, 0.3) is 8.25 Å². The second-order valence-corrected chi connectivity index (χ2v) is 1.35. The summed E-state index contributed by atoms with van der Waals surface area (Å²) in [5.41, 5.74) is 0. The van der Waals surface area contributed by atoms with Crippen LogP contribution in [0.25, 0.3) is 0 Å². The van der Waals surface area contributed by atoms with Crippen molar-refractivity contribution in [1.29, 1.82) is 0 Å². The van der Waals surface area contributed by atoms with Gasteiger partial charge >= 0.3 is 22.4 Å². The summed E-state index contributed by atoms with van der Waals surface area (Å²) in [6, 6.07) is 0. The number of hydrogen-bond acceptors (Lipinski definition) is 3. The van der Waals surface area contributed by atoms with Crippen LogP contribution in [0.2, 0.25) is 0 Å². The van der Waals surface area contributed by atoms with E-state index in [0.717, 1.165) is 0 Å². The van der Waals surface area contributed by atoms with Crippen LogP contribution < -0.4 is 9.79 Å². The van der Waals surface area contributed by atoms with Crippen LogP contribution >= 0.6 is 8.25 Å². The Bertz CT molecular complexity index is 26.3. The predicted octanol–water partition coefficient (Wildman–Crippen LogP) is -1.66. The van der Waals surface area contributed by atoms with Gasteiger partial charge in [0.05, 0.1) is 0 Å². The van der Waals surface area contributed by atoms with Crippen molar-refractivity contribution in [2.45, 2.75) is 0 Å². The van der Waals surface area contributed by atoms with Crippen molar-refractivity contribution in [1.82, 2.24) is 0 Å². The van der Waals surface area contributed by atoms with Gasteiger partial charge < -0.3 is 9.79 Å². The van der Waals surface area contributed by atoms with E-state index in [-0.39, 0.29) is 22.4 Å². The third kappa shape index (κ3) is 82.1. The zero-order valence-corrected chi connectivity index (χ0v) is 4.77. The fourth-order valence-electron chi connectivity index (χ4n) is 0. The van der Waals surface area contributed by atoms with E-state index in [1.54, 1.807) is 0 Å². The van der Waals surface area contributed by atoms with Gasteiger partial charge in [0, 0.05) is 0 Å². The molecule has 0 saturated carbocycles. The Morgan fingerprint density at radius 3 is 1.50 bits per heavy atom. The molecule has 0 bridgehead atoms. The maximum atomic E-state index is 10.2. The Morgan fingerprint density at radius 1 is 1.50 bits per heavy atom. The number of halogens is 1. The van der Waals surface area contributed by atoms with Crippen LogP contribution in [-0.4, -0.2) is 4.89 Å². The summed E-state index contributed by atoms with van der Waals surface area (Å²) >= 11 is 0. The van der Waals surface area contributed by atoms with Crippen molar-refractivity contribution in [2.24, 2.45) is 0 Å². The molecule has 0 saturated heterocycles. The molecule has 6 heteroatoms. The quantitative estimate of drug-likeness (QED) is 0.382. The third-order valence-electron chi connectivity index (χ3n) is 0. The van der Waals surface area contributed by atoms with E-state index in [0.29, 0.717) is 0 Å². The average molecular weight is 207 g/mol. The normalized spacial score (nSPS) is 10.0. The Hall–Kier alpha value is 0.980. The first-order valence-electron chi connectivity index (χ1n) is 0.734. The van der Waals surface area contributed by atoms with Gasteiger partial charge in [-0.2, -0.15) is 0 Å². The minimum absolute atomic E-state index is 0. The molecule has 0 heterocycles. The van der Waals surface area contributed by atoms with E-state index in [4.69, 9.17) is 14.7 Å². The molecule has 0 rings (SSSR count). The summed E-state index contributed by atoms with van der Waals surface area (Å²) in [5, 5.41) is 0. The van der Waals surface area contributed by atoms with Gasteiger partial charge in [-0.3, -0.25) is 0 Å². The molecule has 0 aromatic rings. The summed E-state index contributed by atoms with van der Waals surface area (Å²) in [6.07, 6.45) is 0. The van der Waals surface area contributed by atoms with E-state index >= 15 is 0 Å². The van der Waals surface area contributed by atoms with Gasteiger partial charge in [-0.15, -0.1) is 0 Å². The first-order chi connectivity index (χ1) is 2.00. The largest absolute Gasteiger partial charge is 1.00 e. The molecule has 0 aliphatic rings. The fourth-order valence-corrected chi connectivity index (χ4v) is 0. The molecule has 0 aromatic heterocycles. The number of rotatable bonds is 0. The van der Waals surface area contributed by atoms with E-state index in [2.05, 4.69) is 0 Å². The topological polar surface area (TPSA) is 66.3 Å². The minimum atomic E-state index is -5.39. The predicted molar refractivity (Wildman–Crippen MR) is 10.2 cm³/mol. The Balaban J connectivity index is 0. The minimum Gasteiger partial charge on any atom is -0.630 e. The van der Waals surface area contributed by atoms with Crippen molar-refractivity contribution in [3.05, 3.63) is 0 Å².